The molecule has 0 amide bonds. The Morgan fingerprint density at radius 3 is 2.06 bits per heavy atom. The molecule has 0 heterocycles. The van der Waals surface area contributed by atoms with Crippen molar-refractivity contribution >= 4 is 18.6 Å². The third kappa shape index (κ3) is 3.96. The Hall–Kier alpha value is -0.845. The standard InChI is InChI=1S/C8H5BClF6/c10-7-2-5(4-9(14,15)16)1-6(3-7)8(11,12)13/h1-3H,4H2/q-1. The second kappa shape index (κ2) is 4.20. The molecule has 0 aliphatic rings. The van der Waals surface area contributed by atoms with Crippen molar-refractivity contribution in [3.8, 4) is 0 Å². The Balaban J connectivity index is 3.09. The van der Waals surface area contributed by atoms with Gasteiger partial charge in [0.2, 0.25) is 0 Å². The van der Waals surface area contributed by atoms with E-state index < -0.39 is 30.6 Å². The third-order valence-electron chi connectivity index (χ3n) is 1.75. The third-order valence-corrected chi connectivity index (χ3v) is 1.97. The summed E-state index contributed by atoms with van der Waals surface area (Å²) < 4.78 is 72.9. The van der Waals surface area contributed by atoms with Crippen LogP contribution >= 0.6 is 11.6 Å². The van der Waals surface area contributed by atoms with Gasteiger partial charge >= 0.3 is 13.2 Å². The van der Waals surface area contributed by atoms with Gasteiger partial charge in [0, 0.05) is 5.02 Å². The summed E-state index contributed by atoms with van der Waals surface area (Å²) in [6.07, 6.45) is -6.07. The molecule has 1 aromatic carbocycles. The lowest BCUT2D eigenvalue weighted by Gasteiger charge is -2.15. The molecule has 16 heavy (non-hydrogen) atoms. The predicted octanol–water partition coefficient (Wildman–Crippen LogP) is 4.29. The first-order valence-corrected chi connectivity index (χ1v) is 4.53. The second-order valence-corrected chi connectivity index (χ2v) is 3.70. The van der Waals surface area contributed by atoms with Gasteiger partial charge in [0.1, 0.15) is 0 Å². The summed E-state index contributed by atoms with van der Waals surface area (Å²) in [6, 6.07) is 1.93. The van der Waals surface area contributed by atoms with E-state index in [1.165, 1.54) is 0 Å². The molecule has 1 rings (SSSR count). The lowest BCUT2D eigenvalue weighted by molar-refractivity contribution is -0.137. The fourth-order valence-electron chi connectivity index (χ4n) is 1.20. The Morgan fingerprint density at radius 1 is 1.06 bits per heavy atom. The maximum absolute atomic E-state index is 12.2. The molecule has 0 N–H and O–H groups in total. The fourth-order valence-corrected chi connectivity index (χ4v) is 1.46. The average molecular weight is 261 g/mol. The smallest absolute Gasteiger partial charge is 0.449 e. The highest BCUT2D eigenvalue weighted by Crippen LogP contribution is 2.32. The van der Waals surface area contributed by atoms with E-state index in [9.17, 15) is 26.1 Å². The molecule has 0 atom stereocenters. The SMILES string of the molecule is F[B-](F)(F)Cc1cc(Cl)cc(C(F)(F)F)c1. The molecule has 0 unspecified atom stereocenters. The molecule has 0 bridgehead atoms. The van der Waals surface area contributed by atoms with E-state index >= 15 is 0 Å². The summed E-state index contributed by atoms with van der Waals surface area (Å²) >= 11 is 5.32. The van der Waals surface area contributed by atoms with E-state index in [1.54, 1.807) is 0 Å². The highest BCUT2D eigenvalue weighted by molar-refractivity contribution is 6.57. The van der Waals surface area contributed by atoms with Crippen LogP contribution in [0.1, 0.15) is 11.1 Å². The van der Waals surface area contributed by atoms with Crippen molar-refractivity contribution in [2.24, 2.45) is 0 Å². The normalized spacial score (nSPS) is 12.9. The molecule has 90 valence electrons. The molecule has 0 saturated heterocycles. The van der Waals surface area contributed by atoms with Gasteiger partial charge in [-0.25, -0.2) is 0 Å². The molecule has 0 spiro atoms. The van der Waals surface area contributed by atoms with Gasteiger partial charge in [-0.2, -0.15) is 13.2 Å². The minimum atomic E-state index is -5.18. The molecule has 8 heteroatoms. The van der Waals surface area contributed by atoms with Gasteiger partial charge in [-0.05, 0) is 18.2 Å². The van der Waals surface area contributed by atoms with Crippen molar-refractivity contribution < 1.29 is 26.1 Å². The first-order chi connectivity index (χ1) is 7.08. The quantitative estimate of drug-likeness (QED) is 0.550. The predicted molar refractivity (Wildman–Crippen MR) is 49.2 cm³/mol. The van der Waals surface area contributed by atoms with Gasteiger partial charge in [0.15, 0.2) is 0 Å². The topological polar surface area (TPSA) is 0 Å². The van der Waals surface area contributed by atoms with Gasteiger partial charge in [0.05, 0.1) is 5.56 Å². The van der Waals surface area contributed by atoms with E-state index in [-0.39, 0.29) is 5.02 Å². The lowest BCUT2D eigenvalue weighted by Crippen LogP contribution is -2.19. The first-order valence-electron chi connectivity index (χ1n) is 4.15. The van der Waals surface area contributed by atoms with E-state index in [0.717, 1.165) is 6.07 Å². The number of benzene rings is 1. The van der Waals surface area contributed by atoms with Crippen LogP contribution < -0.4 is 0 Å². The van der Waals surface area contributed by atoms with Gasteiger partial charge in [-0.1, -0.05) is 23.5 Å². The zero-order valence-corrected chi connectivity index (χ0v) is 8.42. The Labute approximate surface area is 92.3 Å². The number of alkyl halides is 3. The van der Waals surface area contributed by atoms with E-state index in [4.69, 9.17) is 11.6 Å². The molecular formula is C8H5BClF6-. The van der Waals surface area contributed by atoms with Crippen LogP contribution in [0.15, 0.2) is 18.2 Å². The molecular weight excluding hydrogens is 256 g/mol. The van der Waals surface area contributed by atoms with Crippen molar-refractivity contribution in [2.75, 3.05) is 0 Å². The largest absolute Gasteiger partial charge is 0.482 e. The first kappa shape index (κ1) is 13.2. The monoisotopic (exact) mass is 261 g/mol. The van der Waals surface area contributed by atoms with Crippen molar-refractivity contribution in [1.82, 2.24) is 0 Å². The summed E-state index contributed by atoms with van der Waals surface area (Å²) in [5, 5.41) is -0.357. The van der Waals surface area contributed by atoms with Crippen LogP contribution in [-0.2, 0) is 12.5 Å². The zero-order valence-electron chi connectivity index (χ0n) is 7.66. The molecule has 0 nitrogen and oxygen atoms in total. The number of halogens is 7. The number of rotatable bonds is 2. The zero-order chi connectivity index (χ0) is 12.6. The highest BCUT2D eigenvalue weighted by atomic mass is 35.5. The van der Waals surface area contributed by atoms with Crippen LogP contribution in [0.5, 0.6) is 0 Å². The lowest BCUT2D eigenvalue weighted by atomic mass is 9.81. The van der Waals surface area contributed by atoms with Gasteiger partial charge in [-0.15, -0.1) is 0 Å². The molecule has 0 aliphatic carbocycles. The van der Waals surface area contributed by atoms with Crippen LogP contribution in [0.25, 0.3) is 0 Å². The Morgan fingerprint density at radius 2 is 1.62 bits per heavy atom. The van der Waals surface area contributed by atoms with E-state index in [0.29, 0.717) is 12.1 Å². The van der Waals surface area contributed by atoms with Gasteiger partial charge in [0.25, 0.3) is 0 Å². The van der Waals surface area contributed by atoms with E-state index in [2.05, 4.69) is 0 Å². The summed E-state index contributed by atoms with van der Waals surface area (Å²) in [4.78, 5) is 0. The Bertz CT molecular complexity index is 383. The summed E-state index contributed by atoms with van der Waals surface area (Å²) in [6.45, 7) is -5.18. The highest BCUT2D eigenvalue weighted by Gasteiger charge is 2.32. The molecule has 0 fully saturated rings. The van der Waals surface area contributed by atoms with Crippen molar-refractivity contribution in [3.05, 3.63) is 34.3 Å². The van der Waals surface area contributed by atoms with Crippen LogP contribution in [-0.4, -0.2) is 6.98 Å². The molecule has 0 aliphatic heterocycles. The van der Waals surface area contributed by atoms with Crippen molar-refractivity contribution in [2.45, 2.75) is 12.5 Å². The maximum Gasteiger partial charge on any atom is 0.482 e. The van der Waals surface area contributed by atoms with Crippen LogP contribution in [0, 0.1) is 0 Å². The number of hydrogen-bond acceptors (Lipinski definition) is 0. The van der Waals surface area contributed by atoms with Crippen molar-refractivity contribution in [3.63, 3.8) is 0 Å². The number of hydrogen-bond donors (Lipinski definition) is 0. The maximum atomic E-state index is 12.2. The summed E-state index contributed by atoms with van der Waals surface area (Å²) in [5.74, 6) is 0. The molecule has 0 radical (unpaired) electrons. The average Bonchev–Trinajstić information content (AvgIpc) is 1.97. The van der Waals surface area contributed by atoms with Crippen LogP contribution in [0.2, 0.25) is 5.02 Å². The van der Waals surface area contributed by atoms with Gasteiger partial charge in [-0.3, -0.25) is 0 Å². The van der Waals surface area contributed by atoms with E-state index in [1.807, 2.05) is 0 Å². The van der Waals surface area contributed by atoms with Crippen molar-refractivity contribution in [1.29, 1.82) is 0 Å². The summed E-state index contributed by atoms with van der Waals surface area (Å²) in [5.41, 5.74) is -1.65. The molecule has 0 saturated carbocycles. The second-order valence-electron chi connectivity index (χ2n) is 3.26. The minimum absolute atomic E-state index is 0.357. The molecule has 1 aromatic rings. The minimum Gasteiger partial charge on any atom is -0.449 e. The molecule has 0 aromatic heterocycles. The van der Waals surface area contributed by atoms with Gasteiger partial charge < -0.3 is 12.9 Å². The van der Waals surface area contributed by atoms with Crippen LogP contribution in [0.4, 0.5) is 26.1 Å². The van der Waals surface area contributed by atoms with Crippen LogP contribution in [0.3, 0.4) is 0 Å². The fraction of sp³-hybridized carbons (Fsp3) is 0.250. The Kier molecular flexibility index (Phi) is 3.47. The summed E-state index contributed by atoms with van der Waals surface area (Å²) in [7, 11) is 0.